The zero-order valence-electron chi connectivity index (χ0n) is 12.7. The van der Waals surface area contributed by atoms with E-state index in [1.807, 2.05) is 6.07 Å². The van der Waals surface area contributed by atoms with Crippen LogP contribution in [0.4, 0.5) is 5.69 Å². The zero-order valence-corrected chi connectivity index (χ0v) is 14.3. The first-order chi connectivity index (χ1) is 11.3. The number of halogens is 1. The zero-order chi connectivity index (χ0) is 17.7. The van der Waals surface area contributed by atoms with Crippen LogP contribution in [0.1, 0.15) is 5.56 Å². The molecule has 0 heterocycles. The standard InChI is InChI=1S/C16H14ClN3O3S/c1-20(11-16(21)19-15-8-3-2-7-14(15)17)24(22,23)13-6-4-5-12(9-13)10-18/h2-9H,11H2,1H3,(H,19,21). The summed E-state index contributed by atoms with van der Waals surface area (Å²) in [5, 5.41) is 11.8. The summed E-state index contributed by atoms with van der Waals surface area (Å²) in [5.74, 6) is -0.523. The molecule has 6 nitrogen and oxygen atoms in total. The summed E-state index contributed by atoms with van der Waals surface area (Å²) in [5.41, 5.74) is 0.631. The lowest BCUT2D eigenvalue weighted by molar-refractivity contribution is -0.116. The van der Waals surface area contributed by atoms with Crippen molar-refractivity contribution in [2.24, 2.45) is 0 Å². The first-order valence-corrected chi connectivity index (χ1v) is 8.67. The highest BCUT2D eigenvalue weighted by molar-refractivity contribution is 7.89. The van der Waals surface area contributed by atoms with E-state index in [9.17, 15) is 13.2 Å². The number of nitriles is 1. The van der Waals surface area contributed by atoms with Gasteiger partial charge in [0, 0.05) is 7.05 Å². The third kappa shape index (κ3) is 4.11. The number of likely N-dealkylation sites (N-methyl/N-ethyl adjacent to an activating group) is 1. The van der Waals surface area contributed by atoms with Gasteiger partial charge in [-0.2, -0.15) is 9.57 Å². The minimum Gasteiger partial charge on any atom is -0.324 e. The second-order valence-electron chi connectivity index (χ2n) is 4.93. The molecule has 0 saturated heterocycles. The Bertz CT molecular complexity index is 907. The number of sulfonamides is 1. The van der Waals surface area contributed by atoms with Crippen molar-refractivity contribution in [3.63, 3.8) is 0 Å². The minimum atomic E-state index is -3.88. The molecule has 0 fully saturated rings. The van der Waals surface area contributed by atoms with Crippen LogP contribution in [0.15, 0.2) is 53.4 Å². The number of carbonyl (C=O) groups excluding carboxylic acids is 1. The molecule has 1 N–H and O–H groups in total. The number of nitrogens with one attached hydrogen (secondary N) is 1. The largest absolute Gasteiger partial charge is 0.324 e. The molecule has 24 heavy (non-hydrogen) atoms. The topological polar surface area (TPSA) is 90.3 Å². The molecular weight excluding hydrogens is 350 g/mol. The van der Waals surface area contributed by atoms with Crippen LogP contribution in [-0.2, 0) is 14.8 Å². The fourth-order valence-electron chi connectivity index (χ4n) is 1.95. The van der Waals surface area contributed by atoms with Gasteiger partial charge >= 0.3 is 0 Å². The molecule has 2 rings (SSSR count). The normalized spacial score (nSPS) is 11.1. The maximum atomic E-state index is 12.5. The molecule has 8 heteroatoms. The third-order valence-electron chi connectivity index (χ3n) is 3.19. The quantitative estimate of drug-likeness (QED) is 0.883. The number of carbonyl (C=O) groups is 1. The first kappa shape index (κ1) is 17.9. The molecule has 2 aromatic carbocycles. The number of anilines is 1. The van der Waals surface area contributed by atoms with Gasteiger partial charge in [0.2, 0.25) is 15.9 Å². The number of benzene rings is 2. The molecule has 2 aromatic rings. The molecule has 0 aromatic heterocycles. The molecule has 0 radical (unpaired) electrons. The van der Waals surface area contributed by atoms with E-state index in [1.165, 1.54) is 31.3 Å². The molecule has 0 aliphatic rings. The molecule has 0 bridgehead atoms. The molecule has 0 atom stereocenters. The van der Waals surface area contributed by atoms with Gasteiger partial charge in [0.1, 0.15) is 0 Å². The molecule has 124 valence electrons. The molecule has 0 spiro atoms. The van der Waals surface area contributed by atoms with Crippen LogP contribution in [0.3, 0.4) is 0 Å². The van der Waals surface area contributed by atoms with E-state index < -0.39 is 15.9 Å². The lowest BCUT2D eigenvalue weighted by Gasteiger charge is -2.17. The van der Waals surface area contributed by atoms with Gasteiger partial charge in [0.25, 0.3) is 0 Å². The van der Waals surface area contributed by atoms with Gasteiger partial charge in [-0.15, -0.1) is 0 Å². The Balaban J connectivity index is 2.13. The van der Waals surface area contributed by atoms with E-state index in [-0.39, 0.29) is 17.0 Å². The van der Waals surface area contributed by atoms with Crippen LogP contribution in [0.25, 0.3) is 0 Å². The van der Waals surface area contributed by atoms with Gasteiger partial charge in [-0.1, -0.05) is 29.8 Å². The van der Waals surface area contributed by atoms with Crippen molar-refractivity contribution in [2.45, 2.75) is 4.90 Å². The van der Waals surface area contributed by atoms with Crippen molar-refractivity contribution in [1.29, 1.82) is 5.26 Å². The Hall–Kier alpha value is -2.40. The maximum Gasteiger partial charge on any atom is 0.243 e. The summed E-state index contributed by atoms with van der Waals surface area (Å²) in [6, 6.07) is 14.1. The van der Waals surface area contributed by atoms with E-state index in [0.29, 0.717) is 10.7 Å². The van der Waals surface area contributed by atoms with Crippen molar-refractivity contribution in [3.05, 3.63) is 59.1 Å². The Morgan fingerprint density at radius 1 is 1.25 bits per heavy atom. The highest BCUT2D eigenvalue weighted by Gasteiger charge is 2.23. The van der Waals surface area contributed by atoms with Gasteiger partial charge < -0.3 is 5.32 Å². The minimum absolute atomic E-state index is 0.0467. The number of para-hydroxylation sites is 1. The smallest absolute Gasteiger partial charge is 0.243 e. The highest BCUT2D eigenvalue weighted by atomic mass is 35.5. The summed E-state index contributed by atoms with van der Waals surface area (Å²) in [4.78, 5) is 12.0. The van der Waals surface area contributed by atoms with E-state index in [2.05, 4.69) is 5.32 Å². The van der Waals surface area contributed by atoms with Gasteiger partial charge in [0.15, 0.2) is 0 Å². The van der Waals surface area contributed by atoms with Crippen molar-refractivity contribution in [1.82, 2.24) is 4.31 Å². The van der Waals surface area contributed by atoms with Crippen molar-refractivity contribution >= 4 is 33.2 Å². The average molecular weight is 364 g/mol. The number of hydrogen-bond acceptors (Lipinski definition) is 4. The van der Waals surface area contributed by atoms with Crippen molar-refractivity contribution in [2.75, 3.05) is 18.9 Å². The van der Waals surface area contributed by atoms with Crippen LogP contribution in [0.5, 0.6) is 0 Å². The summed E-state index contributed by atoms with van der Waals surface area (Å²) in [7, 11) is -2.59. The molecular formula is C16H14ClN3O3S. The summed E-state index contributed by atoms with van der Waals surface area (Å²) in [6.45, 7) is -0.385. The predicted octanol–water partition coefficient (Wildman–Crippen LogP) is 2.47. The summed E-state index contributed by atoms with van der Waals surface area (Å²) in [6.07, 6.45) is 0. The Labute approximate surface area is 145 Å². The van der Waals surface area contributed by atoms with Crippen molar-refractivity contribution < 1.29 is 13.2 Å². The second kappa shape index (κ2) is 7.45. The molecule has 0 aliphatic heterocycles. The van der Waals surface area contributed by atoms with Crippen LogP contribution in [-0.4, -0.2) is 32.2 Å². The number of nitrogens with zero attached hydrogens (tertiary/aromatic N) is 2. The lowest BCUT2D eigenvalue weighted by Crippen LogP contribution is -2.35. The van der Waals surface area contributed by atoms with E-state index in [4.69, 9.17) is 16.9 Å². The molecule has 0 unspecified atom stereocenters. The molecule has 0 aliphatic carbocycles. The third-order valence-corrected chi connectivity index (χ3v) is 5.31. The van der Waals surface area contributed by atoms with Crippen LogP contribution < -0.4 is 5.32 Å². The number of rotatable bonds is 5. The van der Waals surface area contributed by atoms with E-state index in [0.717, 1.165) is 4.31 Å². The Morgan fingerprint density at radius 2 is 1.96 bits per heavy atom. The number of hydrogen-bond donors (Lipinski definition) is 1. The van der Waals surface area contributed by atoms with E-state index >= 15 is 0 Å². The molecule has 1 amide bonds. The predicted molar refractivity (Wildman–Crippen MR) is 91.1 cm³/mol. The summed E-state index contributed by atoms with van der Waals surface area (Å²) >= 11 is 5.95. The second-order valence-corrected chi connectivity index (χ2v) is 7.38. The number of amides is 1. The van der Waals surface area contributed by atoms with Gasteiger partial charge in [0.05, 0.1) is 33.8 Å². The first-order valence-electron chi connectivity index (χ1n) is 6.85. The van der Waals surface area contributed by atoms with Crippen LogP contribution >= 0.6 is 11.6 Å². The van der Waals surface area contributed by atoms with Crippen LogP contribution in [0, 0.1) is 11.3 Å². The van der Waals surface area contributed by atoms with Crippen molar-refractivity contribution in [3.8, 4) is 6.07 Å². The van der Waals surface area contributed by atoms with E-state index in [1.54, 1.807) is 24.3 Å². The van der Waals surface area contributed by atoms with Gasteiger partial charge in [-0.05, 0) is 30.3 Å². The highest BCUT2D eigenvalue weighted by Crippen LogP contribution is 2.21. The fourth-order valence-corrected chi connectivity index (χ4v) is 3.30. The van der Waals surface area contributed by atoms with Gasteiger partial charge in [-0.3, -0.25) is 4.79 Å². The molecule has 0 saturated carbocycles. The fraction of sp³-hybridized carbons (Fsp3) is 0.125. The lowest BCUT2D eigenvalue weighted by atomic mass is 10.2. The van der Waals surface area contributed by atoms with Crippen LogP contribution in [0.2, 0.25) is 5.02 Å². The van der Waals surface area contributed by atoms with Gasteiger partial charge in [-0.25, -0.2) is 8.42 Å². The summed E-state index contributed by atoms with van der Waals surface area (Å²) < 4.78 is 25.8. The SMILES string of the molecule is CN(CC(=O)Nc1ccccc1Cl)S(=O)(=O)c1cccc(C#N)c1. The average Bonchev–Trinajstić information content (AvgIpc) is 2.57. The monoisotopic (exact) mass is 363 g/mol. The Kier molecular flexibility index (Phi) is 5.57. The Morgan fingerprint density at radius 3 is 2.62 bits per heavy atom. The maximum absolute atomic E-state index is 12.5.